The predicted octanol–water partition coefficient (Wildman–Crippen LogP) is 0.212. The third-order valence-corrected chi connectivity index (χ3v) is 2.67. The lowest BCUT2D eigenvalue weighted by Crippen LogP contribution is -2.30. The fourth-order valence-electron chi connectivity index (χ4n) is 1.05. The summed E-state index contributed by atoms with van der Waals surface area (Å²) in [6.45, 7) is 0.738. The first-order chi connectivity index (χ1) is 5.97. The highest BCUT2D eigenvalue weighted by atomic mass is 32.2. The highest BCUT2D eigenvalue weighted by Gasteiger charge is 2.21. The molecule has 13 heavy (non-hydrogen) atoms. The minimum Gasteiger partial charge on any atom is -0.314 e. The van der Waals surface area contributed by atoms with Gasteiger partial charge in [0.15, 0.2) is 0 Å². The Morgan fingerprint density at radius 3 is 2.62 bits per heavy atom. The van der Waals surface area contributed by atoms with Crippen molar-refractivity contribution in [3.63, 3.8) is 0 Å². The maximum atomic E-state index is 12.8. The molecule has 1 rings (SSSR count). The summed E-state index contributed by atoms with van der Waals surface area (Å²) in [5.74, 6) is -0.178. The molecule has 0 spiro atoms. The average molecular weight is 211 g/mol. The van der Waals surface area contributed by atoms with Gasteiger partial charge in [0.25, 0.3) is 10.1 Å². The standard InChI is InChI=1S/C7H14FNO3S/c8-7(5-13(10,11)12)4-9-3-6-1-2-6/h6-7,9H,1-5H2,(H,10,11,12)/t7-/m1/s1. The SMILES string of the molecule is O=S(=O)(O)C[C@H](F)CNCC1CC1. The largest absolute Gasteiger partial charge is 0.314 e. The van der Waals surface area contributed by atoms with Crippen molar-refractivity contribution in [2.75, 3.05) is 18.8 Å². The Balaban J connectivity index is 2.05. The van der Waals surface area contributed by atoms with E-state index in [1.165, 1.54) is 12.8 Å². The zero-order valence-corrected chi connectivity index (χ0v) is 8.06. The minimum atomic E-state index is -4.17. The Hall–Kier alpha value is -0.200. The molecule has 1 aliphatic carbocycles. The van der Waals surface area contributed by atoms with E-state index in [0.717, 1.165) is 6.54 Å². The maximum Gasteiger partial charge on any atom is 0.267 e. The number of alkyl halides is 1. The lowest BCUT2D eigenvalue weighted by Gasteiger charge is -2.06. The van der Waals surface area contributed by atoms with Gasteiger partial charge in [0.1, 0.15) is 11.9 Å². The van der Waals surface area contributed by atoms with Gasteiger partial charge in [0.05, 0.1) is 0 Å². The van der Waals surface area contributed by atoms with E-state index in [1.807, 2.05) is 0 Å². The first-order valence-corrected chi connectivity index (χ1v) is 5.88. The molecule has 6 heteroatoms. The Labute approximate surface area is 77.3 Å². The second kappa shape index (κ2) is 4.34. The van der Waals surface area contributed by atoms with Gasteiger partial charge in [-0.25, -0.2) is 4.39 Å². The Kier molecular flexibility index (Phi) is 3.63. The molecule has 2 N–H and O–H groups in total. The smallest absolute Gasteiger partial charge is 0.267 e. The first-order valence-electron chi connectivity index (χ1n) is 4.27. The van der Waals surface area contributed by atoms with Crippen molar-refractivity contribution in [2.24, 2.45) is 5.92 Å². The molecule has 1 fully saturated rings. The number of rotatable bonds is 6. The maximum absolute atomic E-state index is 12.8. The highest BCUT2D eigenvalue weighted by Crippen LogP contribution is 2.27. The van der Waals surface area contributed by atoms with Crippen LogP contribution in [-0.4, -0.2) is 38.0 Å². The van der Waals surface area contributed by atoms with Crippen LogP contribution in [0, 0.1) is 5.92 Å². The number of hydrogen-bond donors (Lipinski definition) is 2. The van der Waals surface area contributed by atoms with E-state index in [9.17, 15) is 12.8 Å². The summed E-state index contributed by atoms with van der Waals surface area (Å²) in [6, 6.07) is 0. The predicted molar refractivity (Wildman–Crippen MR) is 46.9 cm³/mol. The molecule has 0 saturated heterocycles. The molecule has 0 aliphatic heterocycles. The van der Waals surface area contributed by atoms with Crippen molar-refractivity contribution in [2.45, 2.75) is 19.0 Å². The van der Waals surface area contributed by atoms with Crippen LogP contribution in [-0.2, 0) is 10.1 Å². The molecular weight excluding hydrogens is 197 g/mol. The van der Waals surface area contributed by atoms with E-state index in [-0.39, 0.29) is 6.54 Å². The van der Waals surface area contributed by atoms with Gasteiger partial charge in [-0.05, 0) is 25.3 Å². The van der Waals surface area contributed by atoms with Gasteiger partial charge in [-0.3, -0.25) is 4.55 Å². The number of halogens is 1. The van der Waals surface area contributed by atoms with Crippen molar-refractivity contribution >= 4 is 10.1 Å². The molecule has 78 valence electrons. The fourth-order valence-corrected chi connectivity index (χ4v) is 1.63. The van der Waals surface area contributed by atoms with Crippen molar-refractivity contribution in [3.8, 4) is 0 Å². The summed E-state index contributed by atoms with van der Waals surface area (Å²) in [6.07, 6.45) is 0.818. The summed E-state index contributed by atoms with van der Waals surface area (Å²) in [7, 11) is -4.17. The van der Waals surface area contributed by atoms with E-state index in [4.69, 9.17) is 4.55 Å². The van der Waals surface area contributed by atoms with Crippen molar-refractivity contribution in [1.82, 2.24) is 5.32 Å². The molecule has 0 bridgehead atoms. The lowest BCUT2D eigenvalue weighted by atomic mass is 10.4. The molecule has 0 amide bonds. The molecule has 0 radical (unpaired) electrons. The van der Waals surface area contributed by atoms with Crippen molar-refractivity contribution < 1.29 is 17.4 Å². The second-order valence-corrected chi connectivity index (χ2v) is 4.94. The highest BCUT2D eigenvalue weighted by molar-refractivity contribution is 7.85. The zero-order chi connectivity index (χ0) is 9.90. The van der Waals surface area contributed by atoms with Gasteiger partial charge in [-0.2, -0.15) is 8.42 Å². The van der Waals surface area contributed by atoms with Gasteiger partial charge >= 0.3 is 0 Å². The van der Waals surface area contributed by atoms with Crippen molar-refractivity contribution in [1.29, 1.82) is 0 Å². The van der Waals surface area contributed by atoms with Gasteiger partial charge in [0, 0.05) is 6.54 Å². The topological polar surface area (TPSA) is 66.4 Å². The number of nitrogens with one attached hydrogen (secondary N) is 1. The third-order valence-electron chi connectivity index (χ3n) is 1.89. The van der Waals surface area contributed by atoms with Crippen molar-refractivity contribution in [3.05, 3.63) is 0 Å². The average Bonchev–Trinajstić information content (AvgIpc) is 2.66. The van der Waals surface area contributed by atoms with Crippen LogP contribution < -0.4 is 5.32 Å². The van der Waals surface area contributed by atoms with Crippen LogP contribution in [0.1, 0.15) is 12.8 Å². The minimum absolute atomic E-state index is 0.00368. The van der Waals surface area contributed by atoms with Gasteiger partial charge in [0.2, 0.25) is 0 Å². The molecule has 1 aliphatic rings. The normalized spacial score (nSPS) is 20.2. The summed E-state index contributed by atoms with van der Waals surface area (Å²) in [4.78, 5) is 0. The van der Waals surface area contributed by atoms with E-state index in [2.05, 4.69) is 5.32 Å². The Bertz CT molecular complexity index is 250. The van der Waals surface area contributed by atoms with Crippen LogP contribution >= 0.6 is 0 Å². The molecule has 1 atom stereocenters. The van der Waals surface area contributed by atoms with Gasteiger partial charge in [-0.1, -0.05) is 0 Å². The van der Waals surface area contributed by atoms with Crippen LogP contribution in [0.3, 0.4) is 0 Å². The van der Waals surface area contributed by atoms with Crippen LogP contribution in [0.15, 0.2) is 0 Å². The molecular formula is C7H14FNO3S. The van der Waals surface area contributed by atoms with E-state index in [0.29, 0.717) is 5.92 Å². The second-order valence-electron chi connectivity index (χ2n) is 3.45. The fraction of sp³-hybridized carbons (Fsp3) is 1.00. The van der Waals surface area contributed by atoms with E-state index in [1.54, 1.807) is 0 Å². The Morgan fingerprint density at radius 1 is 1.54 bits per heavy atom. The molecule has 0 unspecified atom stereocenters. The van der Waals surface area contributed by atoms with E-state index < -0.39 is 22.0 Å². The summed E-state index contributed by atoms with van der Waals surface area (Å²) in [5, 5.41) is 2.82. The third kappa shape index (κ3) is 5.95. The molecule has 0 heterocycles. The lowest BCUT2D eigenvalue weighted by molar-refractivity contribution is 0.336. The summed E-state index contributed by atoms with van der Waals surface area (Å²) in [5.41, 5.74) is 0. The first kappa shape index (κ1) is 10.9. The van der Waals surface area contributed by atoms with Crippen LogP contribution in [0.5, 0.6) is 0 Å². The summed E-state index contributed by atoms with van der Waals surface area (Å²) >= 11 is 0. The summed E-state index contributed by atoms with van der Waals surface area (Å²) < 4.78 is 41.6. The van der Waals surface area contributed by atoms with Crippen LogP contribution in [0.4, 0.5) is 4.39 Å². The van der Waals surface area contributed by atoms with Gasteiger partial charge < -0.3 is 5.32 Å². The van der Waals surface area contributed by atoms with Crippen LogP contribution in [0.2, 0.25) is 0 Å². The number of hydrogen-bond acceptors (Lipinski definition) is 3. The molecule has 0 aromatic heterocycles. The molecule has 4 nitrogen and oxygen atoms in total. The van der Waals surface area contributed by atoms with Crippen LogP contribution in [0.25, 0.3) is 0 Å². The molecule has 0 aromatic rings. The quantitative estimate of drug-likeness (QED) is 0.616. The zero-order valence-electron chi connectivity index (χ0n) is 7.24. The van der Waals surface area contributed by atoms with E-state index >= 15 is 0 Å². The Morgan fingerprint density at radius 2 is 2.15 bits per heavy atom. The molecule has 1 saturated carbocycles. The monoisotopic (exact) mass is 211 g/mol. The van der Waals surface area contributed by atoms with Gasteiger partial charge in [-0.15, -0.1) is 0 Å². The molecule has 0 aromatic carbocycles.